The SMILES string of the molecule is COC1CCCN(c2nc3ccccc3cc2CBr)C1. The number of pyridine rings is 1. The Morgan fingerprint density at radius 2 is 2.25 bits per heavy atom. The first-order chi connectivity index (χ1) is 9.81. The number of piperidine rings is 1. The van der Waals surface area contributed by atoms with E-state index in [0.717, 1.165) is 42.6 Å². The van der Waals surface area contributed by atoms with Crippen LogP contribution in [-0.4, -0.2) is 31.3 Å². The summed E-state index contributed by atoms with van der Waals surface area (Å²) >= 11 is 3.59. The summed E-state index contributed by atoms with van der Waals surface area (Å²) in [6.07, 6.45) is 2.62. The van der Waals surface area contributed by atoms with Gasteiger partial charge in [0.1, 0.15) is 5.82 Å². The number of aromatic nitrogens is 1. The second kappa shape index (κ2) is 6.10. The van der Waals surface area contributed by atoms with E-state index in [0.29, 0.717) is 6.10 Å². The van der Waals surface area contributed by atoms with Crippen LogP contribution >= 0.6 is 15.9 Å². The third kappa shape index (κ3) is 2.67. The van der Waals surface area contributed by atoms with E-state index >= 15 is 0 Å². The molecule has 1 unspecified atom stereocenters. The summed E-state index contributed by atoms with van der Waals surface area (Å²) in [7, 11) is 1.80. The van der Waals surface area contributed by atoms with Gasteiger partial charge in [0.05, 0.1) is 11.6 Å². The first-order valence-electron chi connectivity index (χ1n) is 7.04. The van der Waals surface area contributed by atoms with Crippen molar-refractivity contribution in [3.05, 3.63) is 35.9 Å². The third-order valence-electron chi connectivity index (χ3n) is 3.94. The molecule has 1 aliphatic heterocycles. The molecule has 3 rings (SSSR count). The maximum absolute atomic E-state index is 5.52. The summed E-state index contributed by atoms with van der Waals surface area (Å²) in [5, 5.41) is 2.03. The Kier molecular flexibility index (Phi) is 4.22. The highest BCUT2D eigenvalue weighted by atomic mass is 79.9. The molecule has 1 aliphatic rings. The van der Waals surface area contributed by atoms with Crippen molar-refractivity contribution in [3.8, 4) is 0 Å². The van der Waals surface area contributed by atoms with Crippen LogP contribution in [0.15, 0.2) is 30.3 Å². The molecule has 106 valence electrons. The number of methoxy groups -OCH3 is 1. The minimum Gasteiger partial charge on any atom is -0.380 e. The first kappa shape index (κ1) is 13.8. The Morgan fingerprint density at radius 3 is 3.05 bits per heavy atom. The van der Waals surface area contributed by atoms with Crippen molar-refractivity contribution in [3.63, 3.8) is 0 Å². The van der Waals surface area contributed by atoms with Gasteiger partial charge in [0.25, 0.3) is 0 Å². The summed E-state index contributed by atoms with van der Waals surface area (Å²) in [6.45, 7) is 1.99. The Hall–Kier alpha value is -1.13. The van der Waals surface area contributed by atoms with E-state index in [9.17, 15) is 0 Å². The Bertz CT molecular complexity index is 602. The topological polar surface area (TPSA) is 25.4 Å². The molecule has 1 atom stereocenters. The Morgan fingerprint density at radius 1 is 1.40 bits per heavy atom. The Labute approximate surface area is 128 Å². The zero-order chi connectivity index (χ0) is 13.9. The van der Waals surface area contributed by atoms with Gasteiger partial charge in [-0.05, 0) is 25.0 Å². The standard InChI is InChI=1S/C16H19BrN2O/c1-20-14-6-4-8-19(11-14)16-13(10-17)9-12-5-2-3-7-15(12)18-16/h2-3,5,7,9,14H,4,6,8,10-11H2,1H3. The van der Waals surface area contributed by atoms with Gasteiger partial charge in [0.15, 0.2) is 0 Å². The first-order valence-corrected chi connectivity index (χ1v) is 8.16. The smallest absolute Gasteiger partial charge is 0.133 e. The number of halogens is 1. The van der Waals surface area contributed by atoms with Gasteiger partial charge in [-0.1, -0.05) is 34.1 Å². The monoisotopic (exact) mass is 334 g/mol. The van der Waals surface area contributed by atoms with Crippen molar-refractivity contribution in [1.29, 1.82) is 0 Å². The minimum absolute atomic E-state index is 0.320. The molecule has 2 heterocycles. The van der Waals surface area contributed by atoms with Gasteiger partial charge >= 0.3 is 0 Å². The van der Waals surface area contributed by atoms with Gasteiger partial charge < -0.3 is 9.64 Å². The zero-order valence-corrected chi connectivity index (χ0v) is 13.3. The van der Waals surface area contributed by atoms with Crippen LogP contribution in [-0.2, 0) is 10.1 Å². The summed E-state index contributed by atoms with van der Waals surface area (Å²) < 4.78 is 5.52. The molecule has 0 spiro atoms. The van der Waals surface area contributed by atoms with E-state index < -0.39 is 0 Å². The van der Waals surface area contributed by atoms with Crippen molar-refractivity contribution < 1.29 is 4.74 Å². The molecule has 1 saturated heterocycles. The molecule has 1 aromatic carbocycles. The number of benzene rings is 1. The molecule has 0 bridgehead atoms. The lowest BCUT2D eigenvalue weighted by molar-refractivity contribution is 0.0891. The fraction of sp³-hybridized carbons (Fsp3) is 0.438. The summed E-state index contributed by atoms with van der Waals surface area (Å²) in [6, 6.07) is 10.5. The molecule has 0 N–H and O–H groups in total. The van der Waals surface area contributed by atoms with Crippen LogP contribution in [0.1, 0.15) is 18.4 Å². The number of rotatable bonds is 3. The predicted molar refractivity (Wildman–Crippen MR) is 86.6 cm³/mol. The van der Waals surface area contributed by atoms with Crippen molar-refractivity contribution in [2.75, 3.05) is 25.1 Å². The normalized spacial score (nSPS) is 19.5. The van der Waals surface area contributed by atoms with E-state index in [1.54, 1.807) is 7.11 Å². The van der Waals surface area contributed by atoms with Gasteiger partial charge in [-0.15, -0.1) is 0 Å². The maximum Gasteiger partial charge on any atom is 0.133 e. The summed E-state index contributed by atoms with van der Waals surface area (Å²) in [5.41, 5.74) is 2.31. The minimum atomic E-state index is 0.320. The molecule has 2 aromatic rings. The van der Waals surface area contributed by atoms with E-state index in [2.05, 4.69) is 45.1 Å². The number of ether oxygens (including phenoxy) is 1. The average Bonchev–Trinajstić information content (AvgIpc) is 2.53. The number of para-hydroxylation sites is 1. The lowest BCUT2D eigenvalue weighted by Gasteiger charge is -2.34. The zero-order valence-electron chi connectivity index (χ0n) is 11.7. The van der Waals surface area contributed by atoms with Crippen molar-refractivity contribution in [2.45, 2.75) is 24.3 Å². The average molecular weight is 335 g/mol. The quantitative estimate of drug-likeness (QED) is 0.799. The van der Waals surface area contributed by atoms with Crippen LogP contribution in [0.3, 0.4) is 0 Å². The summed E-state index contributed by atoms with van der Waals surface area (Å²) in [4.78, 5) is 7.24. The van der Waals surface area contributed by atoms with Crippen LogP contribution in [0.4, 0.5) is 5.82 Å². The second-order valence-electron chi connectivity index (χ2n) is 5.24. The van der Waals surface area contributed by atoms with Crippen LogP contribution < -0.4 is 4.90 Å². The van der Waals surface area contributed by atoms with E-state index in [1.807, 2.05) is 6.07 Å². The number of nitrogens with zero attached hydrogens (tertiary/aromatic N) is 2. The van der Waals surface area contributed by atoms with Crippen molar-refractivity contribution in [2.24, 2.45) is 0 Å². The lowest BCUT2D eigenvalue weighted by atomic mass is 10.1. The molecule has 1 aromatic heterocycles. The summed E-state index contributed by atoms with van der Waals surface area (Å²) in [5.74, 6) is 1.10. The van der Waals surface area contributed by atoms with E-state index in [1.165, 1.54) is 10.9 Å². The van der Waals surface area contributed by atoms with Crippen LogP contribution in [0, 0.1) is 0 Å². The van der Waals surface area contributed by atoms with E-state index in [-0.39, 0.29) is 0 Å². The highest BCUT2D eigenvalue weighted by Gasteiger charge is 2.22. The van der Waals surface area contributed by atoms with Gasteiger partial charge in [-0.2, -0.15) is 0 Å². The molecule has 1 fully saturated rings. The van der Waals surface area contributed by atoms with Crippen LogP contribution in [0.25, 0.3) is 10.9 Å². The molecule has 0 radical (unpaired) electrons. The number of hydrogen-bond acceptors (Lipinski definition) is 3. The number of alkyl halides is 1. The van der Waals surface area contributed by atoms with Gasteiger partial charge in [-0.3, -0.25) is 0 Å². The molecule has 0 saturated carbocycles. The number of anilines is 1. The van der Waals surface area contributed by atoms with Crippen LogP contribution in [0.5, 0.6) is 0 Å². The maximum atomic E-state index is 5.52. The number of hydrogen-bond donors (Lipinski definition) is 0. The second-order valence-corrected chi connectivity index (χ2v) is 5.80. The highest BCUT2D eigenvalue weighted by Crippen LogP contribution is 2.28. The molecule has 20 heavy (non-hydrogen) atoms. The molecule has 4 heteroatoms. The largest absolute Gasteiger partial charge is 0.380 e. The van der Waals surface area contributed by atoms with Crippen LogP contribution in [0.2, 0.25) is 0 Å². The van der Waals surface area contributed by atoms with E-state index in [4.69, 9.17) is 9.72 Å². The Balaban J connectivity index is 2.00. The predicted octanol–water partition coefficient (Wildman–Crippen LogP) is 3.74. The number of fused-ring (bicyclic) bond motifs is 1. The fourth-order valence-electron chi connectivity index (χ4n) is 2.84. The van der Waals surface area contributed by atoms with Gasteiger partial charge in [0, 0.05) is 36.5 Å². The van der Waals surface area contributed by atoms with Crippen molar-refractivity contribution in [1.82, 2.24) is 4.98 Å². The molecule has 0 aliphatic carbocycles. The molecular formula is C16H19BrN2O. The molecular weight excluding hydrogens is 316 g/mol. The third-order valence-corrected chi connectivity index (χ3v) is 4.54. The lowest BCUT2D eigenvalue weighted by Crippen LogP contribution is -2.40. The molecule has 3 nitrogen and oxygen atoms in total. The van der Waals surface area contributed by atoms with Gasteiger partial charge in [0.2, 0.25) is 0 Å². The van der Waals surface area contributed by atoms with Crippen molar-refractivity contribution >= 4 is 32.7 Å². The highest BCUT2D eigenvalue weighted by molar-refractivity contribution is 9.08. The molecule has 0 amide bonds. The van der Waals surface area contributed by atoms with Gasteiger partial charge in [-0.25, -0.2) is 4.98 Å². The fourth-order valence-corrected chi connectivity index (χ4v) is 3.26.